The number of nitrogens with one attached hydrogen (secondary N) is 1. The van der Waals surface area contributed by atoms with Gasteiger partial charge in [-0.05, 0) is 38.7 Å². The molecular weight excluding hydrogens is 282 g/mol. The molecule has 2 atom stereocenters. The standard InChI is InChI=1S/C14H20F2N2O3/c1-9(18(2)3)13(20)17-8-12(19)10-5-4-6-11(7-10)21-14(15)16/h4-7,9,12,14,19H,8H2,1-3H3,(H,17,20)/t9-,12?/m0/s1. The predicted octanol–water partition coefficient (Wildman–Crippen LogP) is 1.39. The predicted molar refractivity (Wildman–Crippen MR) is 74.2 cm³/mol. The van der Waals surface area contributed by atoms with E-state index < -0.39 is 12.7 Å². The molecule has 21 heavy (non-hydrogen) atoms. The highest BCUT2D eigenvalue weighted by Crippen LogP contribution is 2.20. The fourth-order valence-corrected chi connectivity index (χ4v) is 1.60. The van der Waals surface area contributed by atoms with E-state index >= 15 is 0 Å². The van der Waals surface area contributed by atoms with Crippen LogP contribution in [0.3, 0.4) is 0 Å². The molecule has 118 valence electrons. The third-order valence-electron chi connectivity index (χ3n) is 3.09. The molecule has 0 aliphatic rings. The van der Waals surface area contributed by atoms with Crippen molar-refractivity contribution < 1.29 is 23.4 Å². The average Bonchev–Trinajstić information content (AvgIpc) is 2.42. The first-order valence-corrected chi connectivity index (χ1v) is 6.48. The summed E-state index contributed by atoms with van der Waals surface area (Å²) >= 11 is 0. The van der Waals surface area contributed by atoms with Gasteiger partial charge in [0, 0.05) is 6.54 Å². The highest BCUT2D eigenvalue weighted by atomic mass is 19.3. The van der Waals surface area contributed by atoms with Gasteiger partial charge in [0.2, 0.25) is 5.91 Å². The van der Waals surface area contributed by atoms with Crippen LogP contribution >= 0.6 is 0 Å². The Balaban J connectivity index is 2.59. The molecule has 0 radical (unpaired) electrons. The second-order valence-electron chi connectivity index (χ2n) is 4.85. The number of hydrogen-bond acceptors (Lipinski definition) is 4. The van der Waals surface area contributed by atoms with E-state index in [9.17, 15) is 18.7 Å². The third-order valence-corrected chi connectivity index (χ3v) is 3.09. The summed E-state index contributed by atoms with van der Waals surface area (Å²) in [4.78, 5) is 13.5. The van der Waals surface area contributed by atoms with E-state index in [1.165, 1.54) is 18.2 Å². The first kappa shape index (κ1) is 17.3. The summed E-state index contributed by atoms with van der Waals surface area (Å²) in [6, 6.07) is 5.43. The smallest absolute Gasteiger partial charge is 0.387 e. The minimum absolute atomic E-state index is 0.00482. The number of hydrogen-bond donors (Lipinski definition) is 2. The van der Waals surface area contributed by atoms with Gasteiger partial charge in [-0.3, -0.25) is 9.69 Å². The molecule has 0 saturated heterocycles. The van der Waals surface area contributed by atoms with E-state index in [1.54, 1.807) is 32.0 Å². The molecule has 5 nitrogen and oxygen atoms in total. The summed E-state index contributed by atoms with van der Waals surface area (Å²) in [6.07, 6.45) is -0.996. The summed E-state index contributed by atoms with van der Waals surface area (Å²) in [5.41, 5.74) is 0.394. The van der Waals surface area contributed by atoms with Crippen LogP contribution < -0.4 is 10.1 Å². The van der Waals surface area contributed by atoms with E-state index in [-0.39, 0.29) is 24.2 Å². The number of carbonyl (C=O) groups is 1. The molecule has 1 aromatic rings. The summed E-state index contributed by atoms with van der Waals surface area (Å²) in [5, 5.41) is 12.6. The summed E-state index contributed by atoms with van der Waals surface area (Å²) in [5.74, 6) is -0.256. The highest BCUT2D eigenvalue weighted by Gasteiger charge is 2.17. The van der Waals surface area contributed by atoms with Gasteiger partial charge in [0.25, 0.3) is 0 Å². The van der Waals surface area contributed by atoms with Crippen LogP contribution in [0.5, 0.6) is 5.75 Å². The van der Waals surface area contributed by atoms with Crippen molar-refractivity contribution in [2.24, 2.45) is 0 Å². The lowest BCUT2D eigenvalue weighted by Crippen LogP contribution is -2.42. The summed E-state index contributed by atoms with van der Waals surface area (Å²) < 4.78 is 28.5. The van der Waals surface area contributed by atoms with Crippen molar-refractivity contribution in [3.8, 4) is 5.75 Å². The van der Waals surface area contributed by atoms with Crippen molar-refractivity contribution in [2.45, 2.75) is 25.7 Å². The van der Waals surface area contributed by atoms with Gasteiger partial charge in [-0.1, -0.05) is 12.1 Å². The minimum Gasteiger partial charge on any atom is -0.435 e. The number of halogens is 2. The number of ether oxygens (including phenoxy) is 1. The van der Waals surface area contributed by atoms with Crippen molar-refractivity contribution in [1.29, 1.82) is 0 Å². The molecular formula is C14H20F2N2O3. The zero-order valence-electron chi connectivity index (χ0n) is 12.2. The van der Waals surface area contributed by atoms with Gasteiger partial charge < -0.3 is 15.2 Å². The Morgan fingerprint density at radius 2 is 2.10 bits per heavy atom. The van der Waals surface area contributed by atoms with E-state index in [0.29, 0.717) is 5.56 Å². The largest absolute Gasteiger partial charge is 0.435 e. The molecule has 0 heterocycles. The second kappa shape index (κ2) is 7.90. The summed E-state index contributed by atoms with van der Waals surface area (Å²) in [6.45, 7) is -1.19. The average molecular weight is 302 g/mol. The van der Waals surface area contributed by atoms with E-state index in [4.69, 9.17) is 0 Å². The van der Waals surface area contributed by atoms with Gasteiger partial charge in [-0.15, -0.1) is 0 Å². The van der Waals surface area contributed by atoms with Crippen LogP contribution in [0, 0.1) is 0 Å². The Morgan fingerprint density at radius 3 is 2.67 bits per heavy atom. The lowest BCUT2D eigenvalue weighted by atomic mass is 10.1. The van der Waals surface area contributed by atoms with Crippen LogP contribution in [0.25, 0.3) is 0 Å². The number of nitrogens with zero attached hydrogens (tertiary/aromatic N) is 1. The van der Waals surface area contributed by atoms with Gasteiger partial charge in [-0.2, -0.15) is 8.78 Å². The molecule has 0 saturated carbocycles. The number of aliphatic hydroxyl groups is 1. The number of alkyl halides is 2. The maximum absolute atomic E-state index is 12.1. The van der Waals surface area contributed by atoms with Crippen molar-refractivity contribution in [2.75, 3.05) is 20.6 Å². The van der Waals surface area contributed by atoms with Crippen molar-refractivity contribution in [1.82, 2.24) is 10.2 Å². The normalized spacial score (nSPS) is 14.1. The SMILES string of the molecule is C[C@@H](C(=O)NCC(O)c1cccc(OC(F)F)c1)N(C)C. The van der Waals surface area contributed by atoms with Crippen LogP contribution in [-0.2, 0) is 4.79 Å². The molecule has 1 aromatic carbocycles. The number of rotatable bonds is 7. The molecule has 0 fully saturated rings. The van der Waals surface area contributed by atoms with E-state index in [2.05, 4.69) is 10.1 Å². The fourth-order valence-electron chi connectivity index (χ4n) is 1.60. The van der Waals surface area contributed by atoms with E-state index in [0.717, 1.165) is 0 Å². The maximum Gasteiger partial charge on any atom is 0.387 e. The monoisotopic (exact) mass is 302 g/mol. The van der Waals surface area contributed by atoms with Gasteiger partial charge in [0.1, 0.15) is 5.75 Å². The number of likely N-dealkylation sites (N-methyl/N-ethyl adjacent to an activating group) is 1. The Morgan fingerprint density at radius 1 is 1.43 bits per heavy atom. The maximum atomic E-state index is 12.1. The summed E-state index contributed by atoms with van der Waals surface area (Å²) in [7, 11) is 3.54. The number of benzene rings is 1. The van der Waals surface area contributed by atoms with Crippen molar-refractivity contribution in [3.05, 3.63) is 29.8 Å². The first-order valence-electron chi connectivity index (χ1n) is 6.48. The third kappa shape index (κ3) is 5.65. The molecule has 0 bridgehead atoms. The number of carbonyl (C=O) groups excluding carboxylic acids is 1. The van der Waals surface area contributed by atoms with Gasteiger partial charge in [-0.25, -0.2) is 0 Å². The lowest BCUT2D eigenvalue weighted by molar-refractivity contribution is -0.125. The van der Waals surface area contributed by atoms with Crippen molar-refractivity contribution >= 4 is 5.91 Å². The quantitative estimate of drug-likeness (QED) is 0.799. The zero-order valence-corrected chi connectivity index (χ0v) is 12.2. The molecule has 1 amide bonds. The Labute approximate surface area is 122 Å². The number of aliphatic hydroxyl groups excluding tert-OH is 1. The number of amides is 1. The topological polar surface area (TPSA) is 61.8 Å². The molecule has 0 aliphatic heterocycles. The Hall–Kier alpha value is -1.73. The van der Waals surface area contributed by atoms with Crippen LogP contribution in [-0.4, -0.2) is 49.2 Å². The highest BCUT2D eigenvalue weighted by molar-refractivity contribution is 5.81. The van der Waals surface area contributed by atoms with E-state index in [1.807, 2.05) is 0 Å². The molecule has 0 aromatic heterocycles. The Bertz CT molecular complexity index is 469. The van der Waals surface area contributed by atoms with Gasteiger partial charge in [0.05, 0.1) is 12.1 Å². The molecule has 0 aliphatic carbocycles. The van der Waals surface area contributed by atoms with Gasteiger partial charge in [0.15, 0.2) is 0 Å². The molecule has 2 N–H and O–H groups in total. The van der Waals surface area contributed by atoms with Gasteiger partial charge >= 0.3 is 6.61 Å². The minimum atomic E-state index is -2.92. The fraction of sp³-hybridized carbons (Fsp3) is 0.500. The van der Waals surface area contributed by atoms with Crippen LogP contribution in [0.4, 0.5) is 8.78 Å². The molecule has 7 heteroatoms. The molecule has 0 spiro atoms. The zero-order chi connectivity index (χ0) is 16.0. The van der Waals surface area contributed by atoms with Crippen LogP contribution in [0.15, 0.2) is 24.3 Å². The lowest BCUT2D eigenvalue weighted by Gasteiger charge is -2.20. The van der Waals surface area contributed by atoms with Crippen LogP contribution in [0.2, 0.25) is 0 Å². The molecule has 1 rings (SSSR count). The Kier molecular flexibility index (Phi) is 6.51. The first-order chi connectivity index (χ1) is 9.81. The second-order valence-corrected chi connectivity index (χ2v) is 4.85. The van der Waals surface area contributed by atoms with Crippen LogP contribution in [0.1, 0.15) is 18.6 Å². The van der Waals surface area contributed by atoms with Crippen molar-refractivity contribution in [3.63, 3.8) is 0 Å². The molecule has 1 unspecified atom stereocenters.